The van der Waals surface area contributed by atoms with Crippen molar-refractivity contribution in [2.45, 2.75) is 39.8 Å². The van der Waals surface area contributed by atoms with Crippen molar-refractivity contribution in [1.82, 2.24) is 5.32 Å². The SMILES string of the molecule is CCOc1ccc(OCCC(=O)OC(C)C(=O)c2ccc(CNC(C)=O)s2)cc1. The smallest absolute Gasteiger partial charge is 0.309 e. The van der Waals surface area contributed by atoms with E-state index in [0.29, 0.717) is 23.8 Å². The Morgan fingerprint density at radius 3 is 2.31 bits per heavy atom. The quantitative estimate of drug-likeness (QED) is 0.444. The van der Waals surface area contributed by atoms with Crippen molar-refractivity contribution >= 4 is 29.0 Å². The zero-order valence-electron chi connectivity index (χ0n) is 16.7. The van der Waals surface area contributed by atoms with Gasteiger partial charge in [-0.05, 0) is 50.2 Å². The second-order valence-electron chi connectivity index (χ2n) is 6.17. The zero-order chi connectivity index (χ0) is 21.2. The molecule has 0 fully saturated rings. The predicted octanol–water partition coefficient (Wildman–Crippen LogP) is 3.37. The van der Waals surface area contributed by atoms with Gasteiger partial charge in [0, 0.05) is 11.8 Å². The summed E-state index contributed by atoms with van der Waals surface area (Å²) in [5.41, 5.74) is 0. The number of carbonyl (C=O) groups is 3. The number of hydrogen-bond acceptors (Lipinski definition) is 7. The van der Waals surface area contributed by atoms with Crippen molar-refractivity contribution in [2.24, 2.45) is 0 Å². The molecule has 1 aromatic carbocycles. The van der Waals surface area contributed by atoms with Crippen molar-refractivity contribution in [3.05, 3.63) is 46.2 Å². The molecule has 156 valence electrons. The number of esters is 1. The van der Waals surface area contributed by atoms with Crippen molar-refractivity contribution in [3.63, 3.8) is 0 Å². The largest absolute Gasteiger partial charge is 0.494 e. The predicted molar refractivity (Wildman–Crippen MR) is 109 cm³/mol. The van der Waals surface area contributed by atoms with E-state index >= 15 is 0 Å². The van der Waals surface area contributed by atoms with E-state index in [4.69, 9.17) is 14.2 Å². The first-order valence-electron chi connectivity index (χ1n) is 9.31. The third kappa shape index (κ3) is 7.57. The van der Waals surface area contributed by atoms with Gasteiger partial charge in [-0.1, -0.05) is 0 Å². The van der Waals surface area contributed by atoms with Gasteiger partial charge in [0.25, 0.3) is 0 Å². The molecule has 1 amide bonds. The fourth-order valence-corrected chi connectivity index (χ4v) is 3.34. The van der Waals surface area contributed by atoms with Crippen molar-refractivity contribution < 1.29 is 28.6 Å². The Morgan fingerprint density at radius 2 is 1.69 bits per heavy atom. The number of nitrogens with one attached hydrogen (secondary N) is 1. The van der Waals surface area contributed by atoms with Gasteiger partial charge >= 0.3 is 5.97 Å². The number of benzene rings is 1. The summed E-state index contributed by atoms with van der Waals surface area (Å²) in [6.45, 7) is 5.98. The lowest BCUT2D eigenvalue weighted by Gasteiger charge is -2.12. The van der Waals surface area contributed by atoms with E-state index in [1.807, 2.05) is 6.92 Å². The number of hydrogen-bond donors (Lipinski definition) is 1. The lowest BCUT2D eigenvalue weighted by atomic mass is 10.2. The monoisotopic (exact) mass is 419 g/mol. The summed E-state index contributed by atoms with van der Waals surface area (Å²) in [5.74, 6) is 0.453. The maximum Gasteiger partial charge on any atom is 0.309 e. The van der Waals surface area contributed by atoms with Crippen LogP contribution in [-0.4, -0.2) is 37.0 Å². The number of Topliss-reactive ketones (excluding diaryl/α,β-unsaturated/α-hetero) is 1. The third-order valence-corrected chi connectivity index (χ3v) is 4.90. The van der Waals surface area contributed by atoms with Gasteiger partial charge in [0.1, 0.15) is 11.5 Å². The summed E-state index contributed by atoms with van der Waals surface area (Å²) < 4.78 is 16.1. The van der Waals surface area contributed by atoms with E-state index in [-0.39, 0.29) is 24.7 Å². The van der Waals surface area contributed by atoms with Gasteiger partial charge < -0.3 is 19.5 Å². The maximum atomic E-state index is 12.4. The molecule has 8 heteroatoms. The molecule has 7 nitrogen and oxygen atoms in total. The number of ether oxygens (including phenoxy) is 3. The molecule has 0 aliphatic carbocycles. The number of rotatable bonds is 11. The molecular weight excluding hydrogens is 394 g/mol. The molecule has 0 radical (unpaired) electrons. The van der Waals surface area contributed by atoms with Crippen LogP contribution in [0.15, 0.2) is 36.4 Å². The summed E-state index contributed by atoms with van der Waals surface area (Å²) in [5, 5.41) is 2.68. The Labute approximate surface area is 174 Å². The first-order valence-corrected chi connectivity index (χ1v) is 10.1. The fraction of sp³-hybridized carbons (Fsp3) is 0.381. The molecule has 2 rings (SSSR count). The van der Waals surface area contributed by atoms with Gasteiger partial charge in [0.05, 0.1) is 31.1 Å². The van der Waals surface area contributed by atoms with Crippen LogP contribution in [0, 0.1) is 0 Å². The van der Waals surface area contributed by atoms with Crippen LogP contribution in [0.3, 0.4) is 0 Å². The molecule has 0 bridgehead atoms. The minimum Gasteiger partial charge on any atom is -0.494 e. The second-order valence-corrected chi connectivity index (χ2v) is 7.34. The van der Waals surface area contributed by atoms with Gasteiger partial charge in [-0.15, -0.1) is 11.3 Å². The minimum absolute atomic E-state index is 0.0308. The van der Waals surface area contributed by atoms with E-state index in [1.165, 1.54) is 18.3 Å². The highest BCUT2D eigenvalue weighted by atomic mass is 32.1. The molecule has 1 unspecified atom stereocenters. The molecule has 2 aromatic rings. The van der Waals surface area contributed by atoms with Crippen LogP contribution in [0.2, 0.25) is 0 Å². The summed E-state index contributed by atoms with van der Waals surface area (Å²) in [6.07, 6.45) is -0.858. The lowest BCUT2D eigenvalue weighted by molar-refractivity contribution is -0.146. The van der Waals surface area contributed by atoms with Crippen LogP contribution in [0.4, 0.5) is 0 Å². The van der Waals surface area contributed by atoms with Crippen LogP contribution in [0.5, 0.6) is 11.5 Å². The number of amides is 1. The highest BCUT2D eigenvalue weighted by Crippen LogP contribution is 2.20. The standard InChI is InChI=1S/C21H25NO6S/c1-4-26-16-5-7-17(8-6-16)27-12-11-20(24)28-14(2)21(25)19-10-9-18(29-19)13-22-15(3)23/h5-10,14H,4,11-13H2,1-3H3,(H,22,23). The van der Waals surface area contributed by atoms with E-state index < -0.39 is 12.1 Å². The molecule has 0 saturated carbocycles. The molecule has 0 spiro atoms. The molecule has 0 aliphatic heterocycles. The molecule has 1 aromatic heterocycles. The topological polar surface area (TPSA) is 90.9 Å². The summed E-state index contributed by atoms with van der Waals surface area (Å²) in [7, 11) is 0. The zero-order valence-corrected chi connectivity index (χ0v) is 17.5. The number of ketones is 1. The summed E-state index contributed by atoms with van der Waals surface area (Å²) in [6, 6.07) is 10.5. The van der Waals surface area contributed by atoms with E-state index in [0.717, 1.165) is 10.6 Å². The van der Waals surface area contributed by atoms with Crippen LogP contribution in [0.25, 0.3) is 0 Å². The van der Waals surface area contributed by atoms with Gasteiger partial charge in [-0.2, -0.15) is 0 Å². The molecule has 29 heavy (non-hydrogen) atoms. The summed E-state index contributed by atoms with van der Waals surface area (Å²) in [4.78, 5) is 36.7. The lowest BCUT2D eigenvalue weighted by Crippen LogP contribution is -2.24. The van der Waals surface area contributed by atoms with E-state index in [1.54, 1.807) is 43.3 Å². The molecule has 0 saturated heterocycles. The highest BCUT2D eigenvalue weighted by molar-refractivity contribution is 7.14. The maximum absolute atomic E-state index is 12.4. The molecular formula is C21H25NO6S. The molecule has 1 heterocycles. The normalized spacial score (nSPS) is 11.4. The first-order chi connectivity index (χ1) is 13.9. The Bertz CT molecular complexity index is 830. The van der Waals surface area contributed by atoms with E-state index in [2.05, 4.69) is 5.32 Å². The molecule has 1 N–H and O–H groups in total. The Morgan fingerprint density at radius 1 is 1.03 bits per heavy atom. The van der Waals surface area contributed by atoms with Gasteiger partial charge in [0.15, 0.2) is 6.10 Å². The van der Waals surface area contributed by atoms with Crippen LogP contribution in [-0.2, 0) is 20.9 Å². The van der Waals surface area contributed by atoms with Crippen LogP contribution in [0.1, 0.15) is 41.7 Å². The highest BCUT2D eigenvalue weighted by Gasteiger charge is 2.21. The average molecular weight is 419 g/mol. The van der Waals surface area contributed by atoms with Crippen LogP contribution >= 0.6 is 11.3 Å². The number of thiophene rings is 1. The molecule has 1 atom stereocenters. The second kappa shape index (κ2) is 11.2. The summed E-state index contributed by atoms with van der Waals surface area (Å²) >= 11 is 1.27. The molecule has 0 aliphatic rings. The average Bonchev–Trinajstić information content (AvgIpc) is 3.16. The third-order valence-electron chi connectivity index (χ3n) is 3.80. The Hall–Kier alpha value is -2.87. The van der Waals surface area contributed by atoms with Crippen molar-refractivity contribution in [2.75, 3.05) is 13.2 Å². The van der Waals surface area contributed by atoms with Gasteiger partial charge in [-0.25, -0.2) is 0 Å². The fourth-order valence-electron chi connectivity index (χ4n) is 2.38. The van der Waals surface area contributed by atoms with Gasteiger partial charge in [0.2, 0.25) is 11.7 Å². The Kier molecular flexibility index (Phi) is 8.67. The Balaban J connectivity index is 1.75. The van der Waals surface area contributed by atoms with Crippen LogP contribution < -0.4 is 14.8 Å². The van der Waals surface area contributed by atoms with E-state index in [9.17, 15) is 14.4 Å². The number of carbonyl (C=O) groups excluding carboxylic acids is 3. The minimum atomic E-state index is -0.889. The van der Waals surface area contributed by atoms with Gasteiger partial charge in [-0.3, -0.25) is 14.4 Å². The first kappa shape index (κ1) is 22.4. The van der Waals surface area contributed by atoms with Crippen molar-refractivity contribution in [3.8, 4) is 11.5 Å². The van der Waals surface area contributed by atoms with Crippen molar-refractivity contribution in [1.29, 1.82) is 0 Å².